The van der Waals surface area contributed by atoms with Crippen molar-refractivity contribution in [1.82, 2.24) is 20.9 Å². The van der Waals surface area contributed by atoms with Crippen molar-refractivity contribution in [1.29, 1.82) is 0 Å². The first kappa shape index (κ1) is 25.9. The molecule has 200 valence electrons. The SMILES string of the molecule is Cc1coc(CNC(=O)c2cc(C(=O)N[C@@H](Cc3ccccc3)[C@H](O)[C@H]3CCCN3)cc3c2CCCO3)n1. The fourth-order valence-corrected chi connectivity index (χ4v) is 5.19. The van der Waals surface area contributed by atoms with Crippen LogP contribution in [0.15, 0.2) is 53.1 Å². The van der Waals surface area contributed by atoms with E-state index in [0.717, 1.165) is 42.6 Å². The van der Waals surface area contributed by atoms with Crippen molar-refractivity contribution in [2.45, 2.75) is 63.8 Å². The van der Waals surface area contributed by atoms with Crippen molar-refractivity contribution in [2.24, 2.45) is 0 Å². The lowest BCUT2D eigenvalue weighted by molar-refractivity contribution is 0.0737. The van der Waals surface area contributed by atoms with Gasteiger partial charge in [0.15, 0.2) is 0 Å². The molecule has 1 aromatic heterocycles. The van der Waals surface area contributed by atoms with E-state index >= 15 is 0 Å². The first-order valence-electron chi connectivity index (χ1n) is 13.2. The molecule has 38 heavy (non-hydrogen) atoms. The molecule has 0 aliphatic carbocycles. The maximum Gasteiger partial charge on any atom is 0.252 e. The van der Waals surface area contributed by atoms with Crippen LogP contribution in [0.1, 0.15) is 62.7 Å². The molecular formula is C29H34N4O5. The number of aliphatic hydroxyl groups is 1. The van der Waals surface area contributed by atoms with Crippen LogP contribution in [0.2, 0.25) is 0 Å². The highest BCUT2D eigenvalue weighted by Crippen LogP contribution is 2.30. The molecule has 0 radical (unpaired) electrons. The molecule has 1 fully saturated rings. The van der Waals surface area contributed by atoms with Crippen LogP contribution in [0.4, 0.5) is 0 Å². The molecule has 5 rings (SSSR count). The topological polar surface area (TPSA) is 126 Å². The van der Waals surface area contributed by atoms with Crippen LogP contribution in [0, 0.1) is 6.92 Å². The van der Waals surface area contributed by atoms with E-state index in [1.54, 1.807) is 12.1 Å². The van der Waals surface area contributed by atoms with Crippen LogP contribution in [-0.4, -0.2) is 53.2 Å². The number of aliphatic hydroxyl groups excluding tert-OH is 1. The van der Waals surface area contributed by atoms with Gasteiger partial charge in [0.2, 0.25) is 5.89 Å². The highest BCUT2D eigenvalue weighted by molar-refractivity contribution is 6.01. The van der Waals surface area contributed by atoms with E-state index in [1.165, 1.54) is 6.26 Å². The zero-order chi connectivity index (χ0) is 26.5. The number of fused-ring (bicyclic) bond motifs is 1. The lowest BCUT2D eigenvalue weighted by atomic mass is 9.94. The normalized spacial score (nSPS) is 18.2. The first-order valence-corrected chi connectivity index (χ1v) is 13.2. The van der Waals surface area contributed by atoms with Gasteiger partial charge in [0.25, 0.3) is 11.8 Å². The number of carbonyl (C=O) groups excluding carboxylic acids is 2. The smallest absolute Gasteiger partial charge is 0.252 e. The lowest BCUT2D eigenvalue weighted by Gasteiger charge is -2.29. The number of nitrogens with one attached hydrogen (secondary N) is 3. The number of ether oxygens (including phenoxy) is 1. The molecule has 3 aromatic rings. The summed E-state index contributed by atoms with van der Waals surface area (Å²) in [5, 5.41) is 20.4. The third-order valence-electron chi connectivity index (χ3n) is 7.15. The monoisotopic (exact) mass is 518 g/mol. The fourth-order valence-electron chi connectivity index (χ4n) is 5.19. The molecular weight excluding hydrogens is 484 g/mol. The van der Waals surface area contributed by atoms with Crippen LogP contribution in [-0.2, 0) is 19.4 Å². The predicted octanol–water partition coefficient (Wildman–Crippen LogP) is 2.69. The number of carbonyl (C=O) groups is 2. The molecule has 0 saturated carbocycles. The van der Waals surface area contributed by atoms with Gasteiger partial charge in [0.1, 0.15) is 12.0 Å². The Morgan fingerprint density at radius 3 is 2.76 bits per heavy atom. The fraction of sp³-hybridized carbons (Fsp3) is 0.414. The van der Waals surface area contributed by atoms with Crippen LogP contribution < -0.4 is 20.7 Å². The molecule has 2 amide bonds. The second-order valence-electron chi connectivity index (χ2n) is 9.98. The highest BCUT2D eigenvalue weighted by Gasteiger charge is 2.32. The zero-order valence-corrected chi connectivity index (χ0v) is 21.5. The molecule has 0 unspecified atom stereocenters. The van der Waals surface area contributed by atoms with Crippen molar-refractivity contribution in [3.8, 4) is 5.75 Å². The van der Waals surface area contributed by atoms with Gasteiger partial charge in [-0.1, -0.05) is 30.3 Å². The van der Waals surface area contributed by atoms with E-state index in [4.69, 9.17) is 9.15 Å². The van der Waals surface area contributed by atoms with E-state index in [2.05, 4.69) is 20.9 Å². The Kier molecular flexibility index (Phi) is 8.05. The Bertz CT molecular complexity index is 1270. The molecule has 2 aromatic carbocycles. The van der Waals surface area contributed by atoms with Crippen LogP contribution in [0.5, 0.6) is 5.75 Å². The lowest BCUT2D eigenvalue weighted by Crippen LogP contribution is -2.52. The van der Waals surface area contributed by atoms with Crippen molar-refractivity contribution >= 4 is 11.8 Å². The third-order valence-corrected chi connectivity index (χ3v) is 7.15. The van der Waals surface area contributed by atoms with Gasteiger partial charge in [-0.3, -0.25) is 9.59 Å². The van der Waals surface area contributed by atoms with Crippen LogP contribution >= 0.6 is 0 Å². The summed E-state index contributed by atoms with van der Waals surface area (Å²) in [6, 6.07) is 12.5. The Hall–Kier alpha value is -3.69. The third kappa shape index (κ3) is 6.06. The average Bonchev–Trinajstić information content (AvgIpc) is 3.63. The van der Waals surface area contributed by atoms with Crippen molar-refractivity contribution in [3.63, 3.8) is 0 Å². The van der Waals surface area contributed by atoms with E-state index in [0.29, 0.717) is 42.2 Å². The molecule has 4 N–H and O–H groups in total. The summed E-state index contributed by atoms with van der Waals surface area (Å²) in [6.45, 7) is 3.33. The number of aromatic nitrogens is 1. The first-order chi connectivity index (χ1) is 18.5. The summed E-state index contributed by atoms with van der Waals surface area (Å²) < 4.78 is 11.2. The van der Waals surface area contributed by atoms with Gasteiger partial charge < -0.3 is 30.2 Å². The standard InChI is InChI=1S/C29H34N4O5/c1-18-17-38-26(32-18)16-31-29(36)22-14-20(15-25-21(22)9-6-12-37-25)28(35)33-24(13-19-7-3-2-4-8-19)27(34)23-10-5-11-30-23/h2-4,7-8,14-15,17,23-24,27,30,34H,5-6,9-13,16H2,1H3,(H,31,36)(H,33,35)/t23-,24+,27-/m1/s1. The molecule has 9 nitrogen and oxygen atoms in total. The highest BCUT2D eigenvalue weighted by atomic mass is 16.5. The number of hydrogen-bond acceptors (Lipinski definition) is 7. The number of hydrogen-bond donors (Lipinski definition) is 4. The number of nitrogens with zero attached hydrogens (tertiary/aromatic N) is 1. The van der Waals surface area contributed by atoms with Gasteiger partial charge in [-0.25, -0.2) is 4.98 Å². The molecule has 0 bridgehead atoms. The number of benzene rings is 2. The summed E-state index contributed by atoms with van der Waals surface area (Å²) in [7, 11) is 0. The molecule has 0 spiro atoms. The number of aryl methyl sites for hydroxylation is 1. The van der Waals surface area contributed by atoms with E-state index in [-0.39, 0.29) is 24.4 Å². The second-order valence-corrected chi connectivity index (χ2v) is 9.98. The Labute approximate surface area is 222 Å². The minimum absolute atomic E-state index is 0.0870. The van der Waals surface area contributed by atoms with Crippen molar-refractivity contribution in [2.75, 3.05) is 13.2 Å². The molecule has 2 aliphatic rings. The largest absolute Gasteiger partial charge is 0.493 e. The summed E-state index contributed by atoms with van der Waals surface area (Å²) in [6.07, 6.45) is 4.56. The van der Waals surface area contributed by atoms with E-state index in [1.807, 2.05) is 37.3 Å². The quantitative estimate of drug-likeness (QED) is 0.343. The summed E-state index contributed by atoms with van der Waals surface area (Å²) in [5.74, 6) is 0.261. The molecule has 9 heteroatoms. The second kappa shape index (κ2) is 11.8. The van der Waals surface area contributed by atoms with Crippen LogP contribution in [0.3, 0.4) is 0 Å². The molecule has 2 aliphatic heterocycles. The summed E-state index contributed by atoms with van der Waals surface area (Å²) >= 11 is 0. The van der Waals surface area contributed by atoms with Gasteiger partial charge in [0, 0.05) is 22.7 Å². The Morgan fingerprint density at radius 2 is 2.03 bits per heavy atom. The van der Waals surface area contributed by atoms with Crippen molar-refractivity contribution < 1.29 is 23.8 Å². The number of rotatable bonds is 9. The van der Waals surface area contributed by atoms with Gasteiger partial charge in [-0.05, 0) is 63.3 Å². The van der Waals surface area contributed by atoms with E-state index in [9.17, 15) is 14.7 Å². The molecule has 3 atom stereocenters. The Morgan fingerprint density at radius 1 is 1.18 bits per heavy atom. The van der Waals surface area contributed by atoms with Gasteiger partial charge in [0.05, 0.1) is 31.0 Å². The maximum absolute atomic E-state index is 13.6. The summed E-state index contributed by atoms with van der Waals surface area (Å²) in [4.78, 5) is 31.0. The average molecular weight is 519 g/mol. The number of oxazole rings is 1. The maximum atomic E-state index is 13.6. The van der Waals surface area contributed by atoms with E-state index < -0.39 is 12.1 Å². The van der Waals surface area contributed by atoms with Gasteiger partial charge in [-0.2, -0.15) is 0 Å². The minimum Gasteiger partial charge on any atom is -0.493 e. The molecule has 1 saturated heterocycles. The Balaban J connectivity index is 1.38. The van der Waals surface area contributed by atoms with Gasteiger partial charge >= 0.3 is 0 Å². The van der Waals surface area contributed by atoms with Crippen LogP contribution in [0.25, 0.3) is 0 Å². The van der Waals surface area contributed by atoms with Crippen molar-refractivity contribution in [3.05, 3.63) is 82.6 Å². The number of amides is 2. The van der Waals surface area contributed by atoms with Gasteiger partial charge in [-0.15, -0.1) is 0 Å². The zero-order valence-electron chi connectivity index (χ0n) is 21.5. The summed E-state index contributed by atoms with van der Waals surface area (Å²) in [5.41, 5.74) is 3.25. The predicted molar refractivity (Wildman–Crippen MR) is 141 cm³/mol. The minimum atomic E-state index is -0.762. The molecule has 3 heterocycles.